The second-order valence-corrected chi connectivity index (χ2v) is 4.77. The van der Waals surface area contributed by atoms with Crippen molar-refractivity contribution in [1.29, 1.82) is 0 Å². The molecule has 0 atom stereocenters. The van der Waals surface area contributed by atoms with Gasteiger partial charge in [-0.1, -0.05) is 35.0 Å². The van der Waals surface area contributed by atoms with Crippen LogP contribution >= 0.6 is 11.6 Å². The fourth-order valence-electron chi connectivity index (χ4n) is 1.92. The third-order valence-electron chi connectivity index (χ3n) is 2.92. The molecule has 3 rings (SSSR count). The highest BCUT2D eigenvalue weighted by atomic mass is 35.5. The molecule has 2 aromatic carbocycles. The van der Waals surface area contributed by atoms with E-state index in [1.807, 2.05) is 12.1 Å². The molecule has 0 aliphatic carbocycles. The van der Waals surface area contributed by atoms with Crippen LogP contribution in [0.2, 0.25) is 5.02 Å². The van der Waals surface area contributed by atoms with Crippen molar-refractivity contribution in [3.63, 3.8) is 0 Å². The molecular weight excluding hydrogens is 292 g/mol. The molecule has 0 bridgehead atoms. The van der Waals surface area contributed by atoms with Gasteiger partial charge in [0.2, 0.25) is 0 Å². The SMILES string of the molecule is O=[N+]([O-])c1cccc(-n2cc(-c3cccc(Cl)c3)nn2)c1. The smallest absolute Gasteiger partial charge is 0.258 e. The Kier molecular flexibility index (Phi) is 3.37. The van der Waals surface area contributed by atoms with Crippen molar-refractivity contribution >= 4 is 17.3 Å². The van der Waals surface area contributed by atoms with E-state index in [2.05, 4.69) is 10.3 Å². The number of aromatic nitrogens is 3. The average molecular weight is 301 g/mol. The summed E-state index contributed by atoms with van der Waals surface area (Å²) >= 11 is 5.94. The predicted molar refractivity (Wildman–Crippen MR) is 78.5 cm³/mol. The molecule has 0 saturated heterocycles. The van der Waals surface area contributed by atoms with Gasteiger partial charge in [-0.2, -0.15) is 0 Å². The molecule has 0 saturated carbocycles. The van der Waals surface area contributed by atoms with Gasteiger partial charge < -0.3 is 0 Å². The van der Waals surface area contributed by atoms with Crippen LogP contribution in [0.3, 0.4) is 0 Å². The Morgan fingerprint density at radius 1 is 1.14 bits per heavy atom. The fourth-order valence-corrected chi connectivity index (χ4v) is 2.11. The van der Waals surface area contributed by atoms with Crippen LogP contribution in [0.25, 0.3) is 16.9 Å². The number of non-ortho nitro benzene ring substituents is 1. The number of rotatable bonds is 3. The molecule has 0 fully saturated rings. The molecule has 0 aliphatic rings. The predicted octanol–water partition coefficient (Wildman–Crippen LogP) is 3.50. The lowest BCUT2D eigenvalue weighted by molar-refractivity contribution is -0.384. The topological polar surface area (TPSA) is 73.8 Å². The summed E-state index contributed by atoms with van der Waals surface area (Å²) < 4.78 is 1.49. The van der Waals surface area contributed by atoms with E-state index in [9.17, 15) is 10.1 Å². The highest BCUT2D eigenvalue weighted by Crippen LogP contribution is 2.22. The van der Waals surface area contributed by atoms with Gasteiger partial charge in [0.25, 0.3) is 5.69 Å². The largest absolute Gasteiger partial charge is 0.271 e. The van der Waals surface area contributed by atoms with Crippen LogP contribution in [0.1, 0.15) is 0 Å². The summed E-state index contributed by atoms with van der Waals surface area (Å²) in [5.74, 6) is 0. The van der Waals surface area contributed by atoms with E-state index in [1.165, 1.54) is 16.8 Å². The normalized spacial score (nSPS) is 10.5. The zero-order chi connectivity index (χ0) is 14.8. The summed E-state index contributed by atoms with van der Waals surface area (Å²) in [6.45, 7) is 0. The minimum atomic E-state index is -0.446. The third-order valence-corrected chi connectivity index (χ3v) is 3.15. The Morgan fingerprint density at radius 3 is 2.71 bits per heavy atom. The number of nitro benzene ring substituents is 1. The molecule has 0 unspecified atom stereocenters. The van der Waals surface area contributed by atoms with Crippen LogP contribution in [0.15, 0.2) is 54.7 Å². The van der Waals surface area contributed by atoms with Gasteiger partial charge in [-0.3, -0.25) is 10.1 Å². The molecule has 7 heteroatoms. The van der Waals surface area contributed by atoms with Crippen LogP contribution in [-0.4, -0.2) is 19.9 Å². The van der Waals surface area contributed by atoms with Gasteiger partial charge in [-0.15, -0.1) is 5.10 Å². The minimum absolute atomic E-state index is 0.00676. The maximum atomic E-state index is 10.8. The first-order chi connectivity index (χ1) is 10.1. The maximum Gasteiger partial charge on any atom is 0.271 e. The van der Waals surface area contributed by atoms with Crippen molar-refractivity contribution in [3.8, 4) is 16.9 Å². The van der Waals surface area contributed by atoms with E-state index in [0.29, 0.717) is 16.4 Å². The average Bonchev–Trinajstić information content (AvgIpc) is 2.97. The van der Waals surface area contributed by atoms with E-state index < -0.39 is 4.92 Å². The molecule has 0 radical (unpaired) electrons. The number of benzene rings is 2. The van der Waals surface area contributed by atoms with Gasteiger partial charge in [0.1, 0.15) is 5.69 Å². The van der Waals surface area contributed by atoms with Crippen LogP contribution in [-0.2, 0) is 0 Å². The Labute approximate surface area is 124 Å². The van der Waals surface area contributed by atoms with E-state index in [4.69, 9.17) is 11.6 Å². The standard InChI is InChI=1S/C14H9ClN4O2/c15-11-4-1-3-10(7-11)14-9-18(17-16-14)12-5-2-6-13(8-12)19(20)21/h1-9H. The van der Waals surface area contributed by atoms with Crippen molar-refractivity contribution in [2.75, 3.05) is 0 Å². The van der Waals surface area contributed by atoms with Gasteiger partial charge >= 0.3 is 0 Å². The summed E-state index contributed by atoms with van der Waals surface area (Å²) in [4.78, 5) is 10.3. The lowest BCUT2D eigenvalue weighted by Crippen LogP contribution is -1.96. The van der Waals surface area contributed by atoms with Gasteiger partial charge in [0.05, 0.1) is 16.8 Å². The van der Waals surface area contributed by atoms with E-state index >= 15 is 0 Å². The second-order valence-electron chi connectivity index (χ2n) is 4.34. The number of hydrogen-bond donors (Lipinski definition) is 0. The molecule has 0 N–H and O–H groups in total. The van der Waals surface area contributed by atoms with Gasteiger partial charge in [-0.05, 0) is 18.2 Å². The van der Waals surface area contributed by atoms with Crippen LogP contribution in [0.5, 0.6) is 0 Å². The Hall–Kier alpha value is -2.73. The molecule has 0 aliphatic heterocycles. The molecule has 6 nitrogen and oxygen atoms in total. The summed E-state index contributed by atoms with van der Waals surface area (Å²) in [5, 5.41) is 19.5. The fraction of sp³-hybridized carbons (Fsp3) is 0. The zero-order valence-corrected chi connectivity index (χ0v) is 11.4. The summed E-state index contributed by atoms with van der Waals surface area (Å²) in [5.41, 5.74) is 2.06. The van der Waals surface area contributed by atoms with Crippen molar-refractivity contribution < 1.29 is 4.92 Å². The van der Waals surface area contributed by atoms with Gasteiger partial charge in [0.15, 0.2) is 0 Å². The Balaban J connectivity index is 1.98. The van der Waals surface area contributed by atoms with Crippen LogP contribution in [0.4, 0.5) is 5.69 Å². The highest BCUT2D eigenvalue weighted by Gasteiger charge is 2.09. The van der Waals surface area contributed by atoms with Crippen molar-refractivity contribution in [2.24, 2.45) is 0 Å². The summed E-state index contributed by atoms with van der Waals surface area (Å²) in [7, 11) is 0. The minimum Gasteiger partial charge on any atom is -0.258 e. The molecule has 21 heavy (non-hydrogen) atoms. The van der Waals surface area contributed by atoms with Crippen LogP contribution < -0.4 is 0 Å². The van der Waals surface area contributed by atoms with E-state index in [0.717, 1.165) is 5.56 Å². The summed E-state index contributed by atoms with van der Waals surface area (Å²) in [6.07, 6.45) is 1.70. The Bertz CT molecular complexity index is 816. The number of halogens is 1. The first-order valence-corrected chi connectivity index (χ1v) is 6.44. The molecule has 1 heterocycles. The third kappa shape index (κ3) is 2.75. The maximum absolute atomic E-state index is 10.8. The van der Waals surface area contributed by atoms with E-state index in [1.54, 1.807) is 30.5 Å². The quantitative estimate of drug-likeness (QED) is 0.548. The van der Waals surface area contributed by atoms with Crippen molar-refractivity contribution in [1.82, 2.24) is 15.0 Å². The number of nitro groups is 1. The van der Waals surface area contributed by atoms with Gasteiger partial charge in [0, 0.05) is 22.7 Å². The molecule has 0 amide bonds. The molecule has 0 spiro atoms. The zero-order valence-electron chi connectivity index (χ0n) is 10.7. The van der Waals surface area contributed by atoms with Crippen LogP contribution in [0, 0.1) is 10.1 Å². The van der Waals surface area contributed by atoms with E-state index in [-0.39, 0.29) is 5.69 Å². The molecule has 3 aromatic rings. The highest BCUT2D eigenvalue weighted by molar-refractivity contribution is 6.30. The first-order valence-electron chi connectivity index (χ1n) is 6.06. The lowest BCUT2D eigenvalue weighted by atomic mass is 10.2. The number of hydrogen-bond acceptors (Lipinski definition) is 4. The number of nitrogens with zero attached hydrogens (tertiary/aromatic N) is 4. The second kappa shape index (κ2) is 5.34. The molecule has 1 aromatic heterocycles. The Morgan fingerprint density at radius 2 is 1.95 bits per heavy atom. The lowest BCUT2D eigenvalue weighted by Gasteiger charge is -1.99. The first kappa shape index (κ1) is 13.3. The molecular formula is C14H9ClN4O2. The van der Waals surface area contributed by atoms with Crippen molar-refractivity contribution in [2.45, 2.75) is 0 Å². The van der Waals surface area contributed by atoms with Gasteiger partial charge in [-0.25, -0.2) is 4.68 Å². The monoisotopic (exact) mass is 300 g/mol. The summed E-state index contributed by atoms with van der Waals surface area (Å²) in [6, 6.07) is 13.4. The van der Waals surface area contributed by atoms with Crippen molar-refractivity contribution in [3.05, 3.63) is 69.9 Å². The molecule has 104 valence electrons.